The molecule has 4 nitrogen and oxygen atoms in total. The summed E-state index contributed by atoms with van der Waals surface area (Å²) < 4.78 is 197. The first-order valence-electron chi connectivity index (χ1n) is 8.24. The lowest BCUT2D eigenvalue weighted by atomic mass is 9.90. The molecule has 0 bridgehead atoms. The molecule has 0 unspecified atom stereocenters. The van der Waals surface area contributed by atoms with E-state index < -0.39 is 65.2 Å². The van der Waals surface area contributed by atoms with Crippen molar-refractivity contribution in [3.05, 3.63) is 35.9 Å². The van der Waals surface area contributed by atoms with Crippen molar-refractivity contribution in [3.63, 3.8) is 0 Å². The number of halogens is 15. The first kappa shape index (κ1) is 30.1. The van der Waals surface area contributed by atoms with Gasteiger partial charge in [0.15, 0.2) is 6.04 Å². The van der Waals surface area contributed by atoms with Crippen LogP contribution < -0.4 is 5.32 Å². The molecule has 1 aromatic carbocycles. The Hall–Kier alpha value is -2.89. The van der Waals surface area contributed by atoms with Gasteiger partial charge in [-0.3, -0.25) is 4.79 Å². The van der Waals surface area contributed by atoms with Crippen LogP contribution in [-0.4, -0.2) is 58.7 Å². The third-order valence-corrected chi connectivity index (χ3v) is 4.27. The first-order chi connectivity index (χ1) is 15.3. The molecule has 1 atom stereocenters. The summed E-state index contributed by atoms with van der Waals surface area (Å²) in [5.41, 5.74) is -0.694. The number of carboxylic acids is 1. The molecular formula is C16H8F15NO3. The number of carboxylic acid groups (broad SMARTS) is 1. The van der Waals surface area contributed by atoms with Crippen LogP contribution in [0.2, 0.25) is 0 Å². The molecule has 35 heavy (non-hydrogen) atoms. The fourth-order valence-electron chi connectivity index (χ4n) is 2.26. The summed E-state index contributed by atoms with van der Waals surface area (Å²) in [5.74, 6) is -55.1. The molecular weight excluding hydrogens is 539 g/mol. The standard InChI is InChI=1S/C16H8F15NO3/c17-10(18,9(35)32-7(8(33)34)6-4-2-1-3-5-6)11(19,20)12(21,22)13(23,24)14(25,26)15(27,28)16(29,30)31/h1-5,7H,(H,32,35)(H,33,34)/t7-/m1/s1. The van der Waals surface area contributed by atoms with Crippen molar-refractivity contribution < 1.29 is 80.6 Å². The molecule has 0 heterocycles. The second-order valence-corrected chi connectivity index (χ2v) is 6.60. The number of benzene rings is 1. The van der Waals surface area contributed by atoms with Crippen molar-refractivity contribution in [2.75, 3.05) is 0 Å². The Balaban J connectivity index is 3.52. The zero-order valence-corrected chi connectivity index (χ0v) is 15.9. The summed E-state index contributed by atoms with van der Waals surface area (Å²) in [5, 5.41) is 9.43. The van der Waals surface area contributed by atoms with E-state index in [0.717, 1.165) is 24.3 Å². The topological polar surface area (TPSA) is 66.4 Å². The van der Waals surface area contributed by atoms with Gasteiger partial charge in [0, 0.05) is 0 Å². The van der Waals surface area contributed by atoms with E-state index in [4.69, 9.17) is 5.11 Å². The van der Waals surface area contributed by atoms with Gasteiger partial charge in [0.05, 0.1) is 0 Å². The lowest BCUT2D eigenvalue weighted by molar-refractivity contribution is -0.449. The highest BCUT2D eigenvalue weighted by Gasteiger charge is 2.94. The van der Waals surface area contributed by atoms with E-state index in [1.165, 1.54) is 6.07 Å². The van der Waals surface area contributed by atoms with Crippen LogP contribution in [0.1, 0.15) is 11.6 Å². The Morgan fingerprint density at radius 1 is 0.629 bits per heavy atom. The van der Waals surface area contributed by atoms with E-state index in [0.29, 0.717) is 5.32 Å². The molecule has 1 rings (SSSR count). The van der Waals surface area contributed by atoms with E-state index in [1.54, 1.807) is 0 Å². The molecule has 0 saturated heterocycles. The number of hydrogen-bond acceptors (Lipinski definition) is 2. The Morgan fingerprint density at radius 2 is 1.00 bits per heavy atom. The molecule has 0 radical (unpaired) electrons. The molecule has 0 fully saturated rings. The van der Waals surface area contributed by atoms with Crippen LogP contribution in [0.25, 0.3) is 0 Å². The Labute approximate surface area is 182 Å². The summed E-state index contributed by atoms with van der Waals surface area (Å²) in [6.45, 7) is 0. The molecule has 0 aliphatic rings. The summed E-state index contributed by atoms with van der Waals surface area (Å²) in [6, 6.07) is 1.89. The van der Waals surface area contributed by atoms with Gasteiger partial charge < -0.3 is 10.4 Å². The highest BCUT2D eigenvalue weighted by Crippen LogP contribution is 2.62. The normalized spacial score (nSPS) is 15.5. The van der Waals surface area contributed by atoms with Gasteiger partial charge >= 0.3 is 47.7 Å². The zero-order chi connectivity index (χ0) is 28.1. The fourth-order valence-corrected chi connectivity index (χ4v) is 2.26. The third-order valence-electron chi connectivity index (χ3n) is 4.27. The number of alkyl halides is 15. The van der Waals surface area contributed by atoms with Crippen molar-refractivity contribution in [3.8, 4) is 0 Å². The zero-order valence-electron chi connectivity index (χ0n) is 15.9. The smallest absolute Gasteiger partial charge is 0.460 e. The molecule has 200 valence electrons. The summed E-state index contributed by atoms with van der Waals surface area (Å²) >= 11 is 0. The van der Waals surface area contributed by atoms with Crippen molar-refractivity contribution in [1.82, 2.24) is 5.32 Å². The van der Waals surface area contributed by atoms with Gasteiger partial charge in [0.1, 0.15) is 0 Å². The van der Waals surface area contributed by atoms with Crippen LogP contribution in [0.4, 0.5) is 65.9 Å². The van der Waals surface area contributed by atoms with Crippen LogP contribution in [0, 0.1) is 0 Å². The highest BCUT2D eigenvalue weighted by molar-refractivity contribution is 5.89. The van der Waals surface area contributed by atoms with Crippen molar-refractivity contribution in [2.45, 2.75) is 47.8 Å². The van der Waals surface area contributed by atoms with Gasteiger partial charge in [0.25, 0.3) is 5.91 Å². The van der Waals surface area contributed by atoms with Crippen molar-refractivity contribution in [1.29, 1.82) is 0 Å². The second-order valence-electron chi connectivity index (χ2n) is 6.60. The Bertz CT molecular complexity index is 943. The van der Waals surface area contributed by atoms with Gasteiger partial charge in [-0.25, -0.2) is 4.79 Å². The van der Waals surface area contributed by atoms with Crippen LogP contribution in [-0.2, 0) is 9.59 Å². The Morgan fingerprint density at radius 3 is 1.37 bits per heavy atom. The molecule has 2 N–H and O–H groups in total. The van der Waals surface area contributed by atoms with E-state index in [1.807, 2.05) is 0 Å². The number of aliphatic carboxylic acids is 1. The van der Waals surface area contributed by atoms with Gasteiger partial charge in [-0.15, -0.1) is 0 Å². The predicted octanol–water partition coefficient (Wildman–Crippen LogP) is 5.30. The van der Waals surface area contributed by atoms with Crippen LogP contribution in [0.5, 0.6) is 0 Å². The third kappa shape index (κ3) is 4.43. The summed E-state index contributed by atoms with van der Waals surface area (Å²) in [7, 11) is 0. The molecule has 19 heteroatoms. The molecule has 1 amide bonds. The number of nitrogens with one attached hydrogen (secondary N) is 1. The van der Waals surface area contributed by atoms with E-state index in [-0.39, 0.29) is 0 Å². The lowest BCUT2D eigenvalue weighted by Crippen LogP contribution is -2.74. The van der Waals surface area contributed by atoms with Crippen molar-refractivity contribution >= 4 is 11.9 Å². The number of hydrogen-bond donors (Lipinski definition) is 2. The molecule has 0 aliphatic carbocycles. The molecule has 1 aromatic rings. The van der Waals surface area contributed by atoms with Crippen molar-refractivity contribution in [2.24, 2.45) is 0 Å². The number of amides is 1. The van der Waals surface area contributed by atoms with E-state index in [2.05, 4.69) is 0 Å². The first-order valence-corrected chi connectivity index (χ1v) is 8.24. The minimum absolute atomic E-state index is 0.534. The Kier molecular flexibility index (Phi) is 7.45. The SMILES string of the molecule is O=C(O)[C@H](NC(=O)C(F)(F)C(F)(F)C(F)(F)C(F)(F)C(F)(F)C(F)(F)C(F)(F)F)c1ccccc1. The maximum atomic E-state index is 13.9. The van der Waals surface area contributed by atoms with Gasteiger partial charge in [0.2, 0.25) is 0 Å². The lowest BCUT2D eigenvalue weighted by Gasteiger charge is -2.41. The molecule has 0 aromatic heterocycles. The van der Waals surface area contributed by atoms with Crippen LogP contribution in [0.15, 0.2) is 30.3 Å². The second kappa shape index (κ2) is 8.65. The summed E-state index contributed by atoms with van der Waals surface area (Å²) in [4.78, 5) is 22.6. The quantitative estimate of drug-likeness (QED) is 0.413. The highest BCUT2D eigenvalue weighted by atomic mass is 19.4. The average Bonchev–Trinajstić information content (AvgIpc) is 2.70. The molecule has 0 saturated carbocycles. The monoisotopic (exact) mass is 547 g/mol. The summed E-state index contributed by atoms with van der Waals surface area (Å²) in [6.07, 6.45) is -7.75. The largest absolute Gasteiger partial charge is 0.479 e. The van der Waals surface area contributed by atoms with Gasteiger partial charge in [-0.2, -0.15) is 65.9 Å². The fraction of sp³-hybridized carbons (Fsp3) is 0.500. The minimum atomic E-state index is -8.56. The average molecular weight is 547 g/mol. The number of carbonyl (C=O) groups is 2. The predicted molar refractivity (Wildman–Crippen MR) is 80.7 cm³/mol. The maximum Gasteiger partial charge on any atom is 0.460 e. The van der Waals surface area contributed by atoms with Gasteiger partial charge in [-0.05, 0) is 5.56 Å². The minimum Gasteiger partial charge on any atom is -0.479 e. The van der Waals surface area contributed by atoms with Gasteiger partial charge in [-0.1, -0.05) is 30.3 Å². The van der Waals surface area contributed by atoms with Crippen LogP contribution in [0.3, 0.4) is 0 Å². The maximum absolute atomic E-state index is 13.9. The van der Waals surface area contributed by atoms with Crippen LogP contribution >= 0.6 is 0 Å². The number of rotatable bonds is 9. The van der Waals surface area contributed by atoms with E-state index >= 15 is 0 Å². The molecule has 0 spiro atoms. The number of carbonyl (C=O) groups excluding carboxylic acids is 1. The van der Waals surface area contributed by atoms with E-state index in [9.17, 15) is 75.4 Å². The molecule has 0 aliphatic heterocycles.